The predicted octanol–water partition coefficient (Wildman–Crippen LogP) is 2.78. The van der Waals surface area contributed by atoms with Gasteiger partial charge >= 0.3 is 5.97 Å². The van der Waals surface area contributed by atoms with Crippen molar-refractivity contribution in [3.8, 4) is 0 Å². The van der Waals surface area contributed by atoms with Gasteiger partial charge in [0.15, 0.2) is 0 Å². The number of hydrogen-bond donors (Lipinski definition) is 1. The van der Waals surface area contributed by atoms with E-state index in [1.807, 2.05) is 0 Å². The van der Waals surface area contributed by atoms with Crippen LogP contribution in [0.5, 0.6) is 0 Å². The van der Waals surface area contributed by atoms with E-state index in [0.717, 1.165) is 0 Å². The highest BCUT2D eigenvalue weighted by Gasteiger charge is 2.46. The SMILES string of the molecule is Cc1c(F)cc(C2(CC(=O)O)CC2)cc1F. The number of carbonyl (C=O) groups is 1. The maximum Gasteiger partial charge on any atom is 0.304 e. The first-order valence-corrected chi connectivity index (χ1v) is 5.12. The molecule has 16 heavy (non-hydrogen) atoms. The molecule has 0 bridgehead atoms. The molecule has 0 saturated heterocycles. The van der Waals surface area contributed by atoms with Crippen LogP contribution in [-0.2, 0) is 10.2 Å². The summed E-state index contributed by atoms with van der Waals surface area (Å²) in [4.78, 5) is 10.7. The Bertz CT molecular complexity index is 427. The van der Waals surface area contributed by atoms with Gasteiger partial charge in [0.1, 0.15) is 11.6 Å². The second-order valence-corrected chi connectivity index (χ2v) is 4.42. The lowest BCUT2D eigenvalue weighted by Crippen LogP contribution is -2.14. The molecule has 1 N–H and O–H groups in total. The van der Waals surface area contributed by atoms with E-state index in [2.05, 4.69) is 0 Å². The van der Waals surface area contributed by atoms with Crippen LogP contribution in [0, 0.1) is 18.6 Å². The molecule has 0 spiro atoms. The number of aliphatic carboxylic acids is 1. The highest BCUT2D eigenvalue weighted by Crippen LogP contribution is 2.51. The summed E-state index contributed by atoms with van der Waals surface area (Å²) < 4.78 is 26.7. The fraction of sp³-hybridized carbons (Fsp3) is 0.417. The maximum absolute atomic E-state index is 13.3. The van der Waals surface area contributed by atoms with E-state index >= 15 is 0 Å². The average molecular weight is 226 g/mol. The fourth-order valence-corrected chi connectivity index (χ4v) is 1.96. The van der Waals surface area contributed by atoms with Gasteiger partial charge in [0, 0.05) is 11.0 Å². The second-order valence-electron chi connectivity index (χ2n) is 4.42. The molecule has 0 amide bonds. The minimum Gasteiger partial charge on any atom is -0.481 e. The van der Waals surface area contributed by atoms with Gasteiger partial charge in [-0.15, -0.1) is 0 Å². The Morgan fingerprint density at radius 1 is 1.38 bits per heavy atom. The summed E-state index contributed by atoms with van der Waals surface area (Å²) in [6, 6.07) is 2.52. The van der Waals surface area contributed by atoms with Gasteiger partial charge in [-0.3, -0.25) is 4.79 Å². The largest absolute Gasteiger partial charge is 0.481 e. The minimum absolute atomic E-state index is 0.0186. The lowest BCUT2D eigenvalue weighted by molar-refractivity contribution is -0.137. The highest BCUT2D eigenvalue weighted by molar-refractivity contribution is 5.70. The van der Waals surface area contributed by atoms with Crippen LogP contribution in [0.3, 0.4) is 0 Å². The molecular weight excluding hydrogens is 214 g/mol. The van der Waals surface area contributed by atoms with Crippen molar-refractivity contribution in [1.82, 2.24) is 0 Å². The van der Waals surface area contributed by atoms with Crippen molar-refractivity contribution in [2.75, 3.05) is 0 Å². The summed E-state index contributed by atoms with van der Waals surface area (Å²) in [5.74, 6) is -2.14. The lowest BCUT2D eigenvalue weighted by atomic mass is 9.91. The van der Waals surface area contributed by atoms with Gasteiger partial charge in [-0.05, 0) is 37.5 Å². The first kappa shape index (κ1) is 11.0. The first-order valence-electron chi connectivity index (χ1n) is 5.12. The molecule has 1 aliphatic rings. The number of halogens is 2. The van der Waals surface area contributed by atoms with E-state index in [-0.39, 0.29) is 12.0 Å². The van der Waals surface area contributed by atoms with Crippen LogP contribution in [0.2, 0.25) is 0 Å². The minimum atomic E-state index is -0.932. The molecule has 0 unspecified atom stereocenters. The third kappa shape index (κ3) is 1.79. The molecule has 86 valence electrons. The molecular formula is C12H12F2O2. The van der Waals surface area contributed by atoms with E-state index in [4.69, 9.17) is 5.11 Å². The third-order valence-electron chi connectivity index (χ3n) is 3.24. The zero-order valence-electron chi connectivity index (χ0n) is 8.89. The average Bonchev–Trinajstić information content (AvgIpc) is 2.93. The van der Waals surface area contributed by atoms with Gasteiger partial charge < -0.3 is 5.11 Å². The van der Waals surface area contributed by atoms with Gasteiger partial charge in [-0.1, -0.05) is 0 Å². The van der Waals surface area contributed by atoms with Crippen molar-refractivity contribution in [1.29, 1.82) is 0 Å². The van der Waals surface area contributed by atoms with Crippen molar-refractivity contribution in [3.63, 3.8) is 0 Å². The quantitative estimate of drug-likeness (QED) is 0.860. The summed E-state index contributed by atoms with van der Waals surface area (Å²) in [7, 11) is 0. The molecule has 1 aromatic carbocycles. The van der Waals surface area contributed by atoms with Crippen molar-refractivity contribution >= 4 is 5.97 Å². The molecule has 0 radical (unpaired) electrons. The summed E-state index contributed by atoms with van der Waals surface area (Å²) in [6.45, 7) is 1.37. The fourth-order valence-electron chi connectivity index (χ4n) is 1.96. The van der Waals surface area contributed by atoms with Crippen LogP contribution in [0.25, 0.3) is 0 Å². The molecule has 4 heteroatoms. The molecule has 0 heterocycles. The molecule has 0 aliphatic heterocycles. The molecule has 1 aliphatic carbocycles. The zero-order chi connectivity index (χ0) is 11.9. The molecule has 1 saturated carbocycles. The Morgan fingerprint density at radius 3 is 2.25 bits per heavy atom. The van der Waals surface area contributed by atoms with Crippen LogP contribution in [0.15, 0.2) is 12.1 Å². The number of hydrogen-bond acceptors (Lipinski definition) is 1. The van der Waals surface area contributed by atoms with Crippen molar-refractivity contribution in [3.05, 3.63) is 34.9 Å². The van der Waals surface area contributed by atoms with Crippen LogP contribution < -0.4 is 0 Å². The van der Waals surface area contributed by atoms with Gasteiger partial charge in [0.25, 0.3) is 0 Å². The Kier molecular flexibility index (Phi) is 2.45. The molecule has 0 aromatic heterocycles. The second kappa shape index (κ2) is 3.54. The van der Waals surface area contributed by atoms with Crippen LogP contribution in [0.1, 0.15) is 30.4 Å². The van der Waals surface area contributed by atoms with Crippen LogP contribution in [-0.4, -0.2) is 11.1 Å². The number of carboxylic acids is 1. The molecule has 1 aromatic rings. The molecule has 1 fully saturated rings. The summed E-state index contributed by atoms with van der Waals surface area (Å²) in [5, 5.41) is 8.76. The van der Waals surface area contributed by atoms with Gasteiger partial charge in [0.2, 0.25) is 0 Å². The number of benzene rings is 1. The van der Waals surface area contributed by atoms with E-state index in [1.165, 1.54) is 19.1 Å². The molecule has 2 rings (SSSR count). The lowest BCUT2D eigenvalue weighted by Gasteiger charge is -2.14. The van der Waals surface area contributed by atoms with E-state index < -0.39 is 23.0 Å². The van der Waals surface area contributed by atoms with E-state index in [9.17, 15) is 13.6 Å². The summed E-state index contributed by atoms with van der Waals surface area (Å²) >= 11 is 0. The number of rotatable bonds is 3. The van der Waals surface area contributed by atoms with Crippen molar-refractivity contribution < 1.29 is 18.7 Å². The Balaban J connectivity index is 2.38. The van der Waals surface area contributed by atoms with Crippen LogP contribution >= 0.6 is 0 Å². The van der Waals surface area contributed by atoms with Crippen LogP contribution in [0.4, 0.5) is 8.78 Å². The standard InChI is InChI=1S/C12H12F2O2/c1-7-9(13)4-8(5-10(7)14)12(2-3-12)6-11(15)16/h4-5H,2-3,6H2,1H3,(H,15,16). The monoisotopic (exact) mass is 226 g/mol. The summed E-state index contributed by atoms with van der Waals surface area (Å²) in [5.41, 5.74) is -0.0910. The van der Waals surface area contributed by atoms with Gasteiger partial charge in [-0.25, -0.2) is 8.78 Å². The smallest absolute Gasteiger partial charge is 0.304 e. The Morgan fingerprint density at radius 2 is 1.88 bits per heavy atom. The predicted molar refractivity (Wildman–Crippen MR) is 54.3 cm³/mol. The van der Waals surface area contributed by atoms with E-state index in [1.54, 1.807) is 0 Å². The molecule has 2 nitrogen and oxygen atoms in total. The maximum atomic E-state index is 13.3. The highest BCUT2D eigenvalue weighted by atomic mass is 19.1. The summed E-state index contributed by atoms with van der Waals surface area (Å²) in [6.07, 6.45) is 1.30. The van der Waals surface area contributed by atoms with Crippen molar-refractivity contribution in [2.45, 2.75) is 31.6 Å². The topological polar surface area (TPSA) is 37.3 Å². The Hall–Kier alpha value is -1.45. The first-order chi connectivity index (χ1) is 7.44. The third-order valence-corrected chi connectivity index (χ3v) is 3.24. The number of carboxylic acid groups (broad SMARTS) is 1. The zero-order valence-corrected chi connectivity index (χ0v) is 8.89. The normalized spacial score (nSPS) is 17.2. The van der Waals surface area contributed by atoms with Crippen molar-refractivity contribution in [2.24, 2.45) is 0 Å². The molecule has 0 atom stereocenters. The van der Waals surface area contributed by atoms with E-state index in [0.29, 0.717) is 18.4 Å². The Labute approximate surface area is 91.9 Å². The van der Waals surface area contributed by atoms with Gasteiger partial charge in [0.05, 0.1) is 6.42 Å². The van der Waals surface area contributed by atoms with Gasteiger partial charge in [-0.2, -0.15) is 0 Å².